The van der Waals surface area contributed by atoms with E-state index in [0.29, 0.717) is 12.6 Å². The summed E-state index contributed by atoms with van der Waals surface area (Å²) in [5.74, 6) is -1.52. The first kappa shape index (κ1) is 17.9. The van der Waals surface area contributed by atoms with Crippen molar-refractivity contribution < 1.29 is 13.6 Å². The minimum Gasteiger partial charge on any atom is -0.338 e. The molecule has 2 heterocycles. The van der Waals surface area contributed by atoms with Crippen LogP contribution >= 0.6 is 0 Å². The van der Waals surface area contributed by atoms with Gasteiger partial charge in [-0.25, -0.2) is 8.78 Å². The lowest BCUT2D eigenvalue weighted by molar-refractivity contribution is -0.146. The van der Waals surface area contributed by atoms with Crippen molar-refractivity contribution >= 4 is 5.91 Å². The molecule has 0 N–H and O–H groups in total. The van der Waals surface area contributed by atoms with Crippen LogP contribution in [0.2, 0.25) is 0 Å². The van der Waals surface area contributed by atoms with Crippen LogP contribution < -0.4 is 0 Å². The van der Waals surface area contributed by atoms with E-state index in [1.165, 1.54) is 38.2 Å². The standard InChI is InChI=1S/C21H28F2N2O/c22-18-9-4-6-16(19(18)23)14-24-12-5-10-21(20(24)26)11-13-25(15-21)17-7-2-1-3-8-17/h4,6,9,17H,1-3,5,7-8,10-15H2. The van der Waals surface area contributed by atoms with Gasteiger partial charge in [-0.15, -0.1) is 0 Å². The van der Waals surface area contributed by atoms with Crippen molar-refractivity contribution in [2.45, 2.75) is 64.0 Å². The molecule has 1 unspecified atom stereocenters. The number of carbonyl (C=O) groups excluding carboxylic acids is 1. The Bertz CT molecular complexity index is 674. The van der Waals surface area contributed by atoms with Gasteiger partial charge < -0.3 is 4.90 Å². The van der Waals surface area contributed by atoms with Gasteiger partial charge in [0.1, 0.15) is 0 Å². The van der Waals surface area contributed by atoms with Crippen LogP contribution in [0.3, 0.4) is 0 Å². The number of halogens is 2. The molecule has 1 saturated carbocycles. The maximum absolute atomic E-state index is 14.0. The van der Waals surface area contributed by atoms with Gasteiger partial charge in [0.15, 0.2) is 11.6 Å². The second-order valence-corrected chi connectivity index (χ2v) is 8.34. The summed E-state index contributed by atoms with van der Waals surface area (Å²) in [5, 5.41) is 0. The smallest absolute Gasteiger partial charge is 0.230 e. The molecule has 3 nitrogen and oxygen atoms in total. The zero-order valence-corrected chi connectivity index (χ0v) is 15.4. The summed E-state index contributed by atoms with van der Waals surface area (Å²) >= 11 is 0. The maximum atomic E-state index is 14.0. The Hall–Kier alpha value is -1.49. The summed E-state index contributed by atoms with van der Waals surface area (Å²) in [5.41, 5.74) is -0.0306. The topological polar surface area (TPSA) is 23.6 Å². The summed E-state index contributed by atoms with van der Waals surface area (Å²) < 4.78 is 27.5. The molecule has 0 radical (unpaired) electrons. The van der Waals surface area contributed by atoms with Crippen LogP contribution in [0.25, 0.3) is 0 Å². The average molecular weight is 362 g/mol. The van der Waals surface area contributed by atoms with Gasteiger partial charge in [-0.05, 0) is 44.7 Å². The Morgan fingerprint density at radius 1 is 1.04 bits per heavy atom. The van der Waals surface area contributed by atoms with Crippen molar-refractivity contribution in [2.24, 2.45) is 5.41 Å². The zero-order valence-electron chi connectivity index (χ0n) is 15.4. The fraction of sp³-hybridized carbons (Fsp3) is 0.667. The van der Waals surface area contributed by atoms with Crippen LogP contribution in [0.5, 0.6) is 0 Å². The molecule has 142 valence electrons. The minimum absolute atomic E-state index is 0.144. The molecule has 0 bridgehead atoms. The van der Waals surface area contributed by atoms with Crippen LogP contribution in [-0.4, -0.2) is 41.4 Å². The highest BCUT2D eigenvalue weighted by Gasteiger charge is 2.49. The largest absolute Gasteiger partial charge is 0.338 e. The summed E-state index contributed by atoms with van der Waals surface area (Å²) in [6, 6.07) is 4.85. The minimum atomic E-state index is -0.842. The molecule has 5 heteroatoms. The van der Waals surface area contributed by atoms with E-state index in [9.17, 15) is 13.6 Å². The Balaban J connectivity index is 1.47. The molecule has 1 aromatic carbocycles. The fourth-order valence-electron chi connectivity index (χ4n) is 5.22. The number of benzene rings is 1. The Morgan fingerprint density at radius 3 is 2.65 bits per heavy atom. The van der Waals surface area contributed by atoms with Crippen molar-refractivity contribution in [3.05, 3.63) is 35.4 Å². The van der Waals surface area contributed by atoms with Gasteiger partial charge in [-0.2, -0.15) is 0 Å². The molecular weight excluding hydrogens is 334 g/mol. The predicted octanol–water partition coefficient (Wildman–Crippen LogP) is 4.11. The first-order chi connectivity index (χ1) is 12.6. The van der Waals surface area contributed by atoms with E-state index >= 15 is 0 Å². The van der Waals surface area contributed by atoms with E-state index in [1.54, 1.807) is 11.0 Å². The lowest BCUT2D eigenvalue weighted by atomic mass is 9.78. The number of piperidine rings is 1. The Morgan fingerprint density at radius 2 is 1.85 bits per heavy atom. The predicted molar refractivity (Wildman–Crippen MR) is 96.5 cm³/mol. The van der Waals surface area contributed by atoms with Gasteiger partial charge in [0.2, 0.25) is 5.91 Å². The third-order valence-electron chi connectivity index (χ3n) is 6.69. The van der Waals surface area contributed by atoms with Crippen LogP contribution in [-0.2, 0) is 11.3 Å². The molecule has 3 aliphatic rings. The summed E-state index contributed by atoms with van der Waals surface area (Å²) in [4.78, 5) is 17.5. The quantitative estimate of drug-likeness (QED) is 0.808. The van der Waals surface area contributed by atoms with Crippen LogP contribution in [0.4, 0.5) is 8.78 Å². The van der Waals surface area contributed by atoms with Gasteiger partial charge in [-0.1, -0.05) is 31.4 Å². The van der Waals surface area contributed by atoms with Crippen molar-refractivity contribution in [1.82, 2.24) is 9.80 Å². The maximum Gasteiger partial charge on any atom is 0.230 e. The summed E-state index contributed by atoms with van der Waals surface area (Å²) in [6.07, 6.45) is 9.22. The highest BCUT2D eigenvalue weighted by molar-refractivity contribution is 5.84. The SMILES string of the molecule is O=C1N(Cc2cccc(F)c2F)CCCC12CCN(C1CCCCC1)C2. The third-order valence-corrected chi connectivity index (χ3v) is 6.69. The van der Waals surface area contributed by atoms with E-state index in [0.717, 1.165) is 38.4 Å². The number of amides is 1. The number of rotatable bonds is 3. The average Bonchev–Trinajstić information content (AvgIpc) is 3.09. The van der Waals surface area contributed by atoms with Crippen LogP contribution in [0.15, 0.2) is 18.2 Å². The van der Waals surface area contributed by atoms with Crippen molar-refractivity contribution in [1.29, 1.82) is 0 Å². The van der Waals surface area contributed by atoms with E-state index in [2.05, 4.69) is 4.90 Å². The Labute approximate surface area is 154 Å². The summed E-state index contributed by atoms with van der Waals surface area (Å²) in [6.45, 7) is 2.66. The first-order valence-corrected chi connectivity index (χ1v) is 10.1. The lowest BCUT2D eigenvalue weighted by Crippen LogP contribution is -2.50. The van der Waals surface area contributed by atoms with Gasteiger partial charge in [0.05, 0.1) is 5.41 Å². The van der Waals surface area contributed by atoms with E-state index < -0.39 is 11.6 Å². The number of carbonyl (C=O) groups is 1. The van der Waals surface area contributed by atoms with Crippen molar-refractivity contribution in [2.75, 3.05) is 19.6 Å². The highest BCUT2D eigenvalue weighted by Crippen LogP contribution is 2.42. The molecular formula is C21H28F2N2O. The van der Waals surface area contributed by atoms with Crippen LogP contribution in [0, 0.1) is 17.0 Å². The van der Waals surface area contributed by atoms with Crippen LogP contribution in [0.1, 0.15) is 56.9 Å². The van der Waals surface area contributed by atoms with Gasteiger partial charge >= 0.3 is 0 Å². The van der Waals surface area contributed by atoms with Gasteiger partial charge in [0.25, 0.3) is 0 Å². The molecule has 2 aliphatic heterocycles. The monoisotopic (exact) mass is 362 g/mol. The zero-order chi connectivity index (χ0) is 18.1. The molecule has 1 atom stereocenters. The molecule has 1 amide bonds. The molecule has 2 saturated heterocycles. The van der Waals surface area contributed by atoms with Crippen molar-refractivity contribution in [3.63, 3.8) is 0 Å². The van der Waals surface area contributed by atoms with Gasteiger partial charge in [-0.3, -0.25) is 9.69 Å². The summed E-state index contributed by atoms with van der Waals surface area (Å²) in [7, 11) is 0. The molecule has 0 aromatic heterocycles. The van der Waals surface area contributed by atoms with Gasteiger partial charge in [0, 0.05) is 31.2 Å². The highest BCUT2D eigenvalue weighted by atomic mass is 19.2. The molecule has 3 fully saturated rings. The number of nitrogens with zero attached hydrogens (tertiary/aromatic N) is 2. The van der Waals surface area contributed by atoms with E-state index in [-0.39, 0.29) is 23.4 Å². The normalized spacial score (nSPS) is 28.2. The second kappa shape index (κ2) is 7.26. The molecule has 1 aliphatic carbocycles. The van der Waals surface area contributed by atoms with Crippen molar-refractivity contribution in [3.8, 4) is 0 Å². The molecule has 4 rings (SSSR count). The third kappa shape index (κ3) is 3.26. The fourth-order valence-corrected chi connectivity index (χ4v) is 5.22. The first-order valence-electron chi connectivity index (χ1n) is 10.1. The Kier molecular flexibility index (Phi) is 5.00. The van der Waals surface area contributed by atoms with E-state index in [1.807, 2.05) is 0 Å². The molecule has 1 spiro atoms. The second-order valence-electron chi connectivity index (χ2n) is 8.34. The number of hydrogen-bond acceptors (Lipinski definition) is 2. The molecule has 26 heavy (non-hydrogen) atoms. The lowest BCUT2D eigenvalue weighted by Gasteiger charge is -2.40. The number of hydrogen-bond donors (Lipinski definition) is 0. The number of likely N-dealkylation sites (tertiary alicyclic amines) is 2. The van der Waals surface area contributed by atoms with E-state index in [4.69, 9.17) is 0 Å². The molecule has 1 aromatic rings.